The second-order valence-electron chi connectivity index (χ2n) is 7.87. The van der Waals surface area contributed by atoms with Gasteiger partial charge in [-0.2, -0.15) is 0 Å². The van der Waals surface area contributed by atoms with Gasteiger partial charge in [-0.15, -0.1) is 0 Å². The fraction of sp³-hybridized carbons (Fsp3) is 0.391. The van der Waals surface area contributed by atoms with Gasteiger partial charge in [-0.3, -0.25) is 9.59 Å². The van der Waals surface area contributed by atoms with Gasteiger partial charge in [0.1, 0.15) is 5.82 Å². The summed E-state index contributed by atoms with van der Waals surface area (Å²) in [6.45, 7) is 1.46. The molecule has 0 radical (unpaired) electrons. The number of nitrogens with one attached hydrogen (secondary N) is 1. The van der Waals surface area contributed by atoms with Crippen molar-refractivity contribution < 1.29 is 14.0 Å². The Morgan fingerprint density at radius 2 is 1.83 bits per heavy atom. The van der Waals surface area contributed by atoms with Gasteiger partial charge in [0.25, 0.3) is 5.91 Å². The van der Waals surface area contributed by atoms with Gasteiger partial charge in [-0.05, 0) is 68.9 Å². The number of carbonyl (C=O) groups is 2. The number of hydrogen-bond donors (Lipinski definition) is 1. The van der Waals surface area contributed by atoms with Gasteiger partial charge in [0.05, 0.1) is 12.0 Å². The number of benzene rings is 2. The number of piperidine rings is 1. The molecule has 2 amide bonds. The summed E-state index contributed by atoms with van der Waals surface area (Å²) in [6.07, 6.45) is 1.53. The first kappa shape index (κ1) is 22.2. The first-order valence-electron chi connectivity index (χ1n) is 10.1. The van der Waals surface area contributed by atoms with Crippen LogP contribution in [-0.2, 0) is 4.79 Å². The van der Waals surface area contributed by atoms with Gasteiger partial charge in [0.2, 0.25) is 5.91 Å². The molecule has 2 aromatic rings. The van der Waals surface area contributed by atoms with Crippen LogP contribution in [0.25, 0.3) is 0 Å². The Bertz CT molecular complexity index is 871. The van der Waals surface area contributed by atoms with Crippen molar-refractivity contribution >= 4 is 23.4 Å². The van der Waals surface area contributed by atoms with Crippen molar-refractivity contribution in [1.29, 1.82) is 0 Å². The fourth-order valence-corrected chi connectivity index (χ4v) is 3.90. The minimum Gasteiger partial charge on any atom is -0.354 e. The lowest BCUT2D eigenvalue weighted by atomic mass is 9.96. The van der Waals surface area contributed by atoms with E-state index in [0.29, 0.717) is 30.2 Å². The van der Waals surface area contributed by atoms with Crippen molar-refractivity contribution in [1.82, 2.24) is 15.1 Å². The second-order valence-corrected chi connectivity index (χ2v) is 8.31. The third-order valence-corrected chi connectivity index (χ3v) is 5.77. The van der Waals surface area contributed by atoms with Gasteiger partial charge in [0.15, 0.2) is 0 Å². The molecule has 0 spiro atoms. The average Bonchev–Trinajstić information content (AvgIpc) is 2.75. The van der Waals surface area contributed by atoms with Crippen LogP contribution in [0.2, 0.25) is 5.02 Å². The molecule has 2 atom stereocenters. The van der Waals surface area contributed by atoms with Crippen LogP contribution in [-0.4, -0.2) is 55.3 Å². The van der Waals surface area contributed by atoms with Crippen molar-refractivity contribution in [3.05, 3.63) is 70.5 Å². The topological polar surface area (TPSA) is 52.7 Å². The standard InChI is InChI=1S/C23H27ClFN3O2/c1-27(2)21(16-7-11-20(25)12-8-16)14-26-22(29)18-4-3-13-28(15-18)23(30)17-5-9-19(24)10-6-17/h5-12,18,21H,3-4,13-15H2,1-2H3,(H,26,29). The molecule has 1 saturated heterocycles. The summed E-state index contributed by atoms with van der Waals surface area (Å²) < 4.78 is 13.2. The summed E-state index contributed by atoms with van der Waals surface area (Å²) in [5, 5.41) is 3.61. The molecule has 30 heavy (non-hydrogen) atoms. The fourth-order valence-electron chi connectivity index (χ4n) is 3.78. The number of amides is 2. The predicted octanol–water partition coefficient (Wildman–Crippen LogP) is 3.75. The largest absolute Gasteiger partial charge is 0.354 e. The number of rotatable bonds is 6. The molecule has 7 heteroatoms. The lowest BCUT2D eigenvalue weighted by Crippen LogP contribution is -2.46. The van der Waals surface area contributed by atoms with Gasteiger partial charge in [0, 0.05) is 30.2 Å². The summed E-state index contributed by atoms with van der Waals surface area (Å²) in [5.41, 5.74) is 1.51. The molecule has 2 unspecified atom stereocenters. The van der Waals surface area contributed by atoms with Crippen LogP contribution in [0.3, 0.4) is 0 Å². The van der Waals surface area contributed by atoms with Crippen LogP contribution in [0.4, 0.5) is 4.39 Å². The third kappa shape index (κ3) is 5.58. The molecular formula is C23H27ClFN3O2. The summed E-state index contributed by atoms with van der Waals surface area (Å²) in [5.74, 6) is -0.668. The quantitative estimate of drug-likeness (QED) is 0.757. The zero-order chi connectivity index (χ0) is 21.7. The van der Waals surface area contributed by atoms with Crippen LogP contribution in [0.1, 0.15) is 34.8 Å². The van der Waals surface area contributed by atoms with Gasteiger partial charge in [-0.25, -0.2) is 4.39 Å². The summed E-state index contributed by atoms with van der Waals surface area (Å²) >= 11 is 5.90. The number of hydrogen-bond acceptors (Lipinski definition) is 3. The van der Waals surface area contributed by atoms with Gasteiger partial charge < -0.3 is 15.1 Å². The van der Waals surface area contributed by atoms with Crippen molar-refractivity contribution in [3.63, 3.8) is 0 Å². The number of halogens is 2. The number of likely N-dealkylation sites (N-methyl/N-ethyl adjacent to an activating group) is 1. The predicted molar refractivity (Wildman–Crippen MR) is 116 cm³/mol. The molecule has 5 nitrogen and oxygen atoms in total. The Balaban J connectivity index is 1.59. The van der Waals surface area contributed by atoms with E-state index in [1.165, 1.54) is 12.1 Å². The molecular weight excluding hydrogens is 405 g/mol. The highest BCUT2D eigenvalue weighted by Gasteiger charge is 2.29. The van der Waals surface area contributed by atoms with E-state index in [2.05, 4.69) is 5.32 Å². The van der Waals surface area contributed by atoms with Crippen molar-refractivity contribution in [3.8, 4) is 0 Å². The molecule has 160 valence electrons. The van der Waals surface area contributed by atoms with E-state index in [-0.39, 0.29) is 29.6 Å². The zero-order valence-electron chi connectivity index (χ0n) is 17.3. The molecule has 1 fully saturated rings. The summed E-state index contributed by atoms with van der Waals surface area (Å²) in [7, 11) is 3.85. The van der Waals surface area contributed by atoms with E-state index in [0.717, 1.165) is 18.4 Å². The van der Waals surface area contributed by atoms with E-state index >= 15 is 0 Å². The second kappa shape index (κ2) is 10.0. The maximum atomic E-state index is 13.2. The molecule has 0 aromatic heterocycles. The van der Waals surface area contributed by atoms with Crippen LogP contribution < -0.4 is 5.32 Å². The average molecular weight is 432 g/mol. The smallest absolute Gasteiger partial charge is 0.253 e. The van der Waals surface area contributed by atoms with Gasteiger partial charge in [-0.1, -0.05) is 23.7 Å². The Morgan fingerprint density at radius 1 is 1.17 bits per heavy atom. The van der Waals surface area contributed by atoms with Crippen molar-refractivity contribution in [2.75, 3.05) is 33.7 Å². The molecule has 1 N–H and O–H groups in total. The minimum absolute atomic E-state index is 0.0578. The highest BCUT2D eigenvalue weighted by molar-refractivity contribution is 6.30. The highest BCUT2D eigenvalue weighted by atomic mass is 35.5. The van der Waals surface area contributed by atoms with Crippen LogP contribution in [0.15, 0.2) is 48.5 Å². The Morgan fingerprint density at radius 3 is 2.47 bits per heavy atom. The molecule has 0 aliphatic carbocycles. The molecule has 0 bridgehead atoms. The van der Waals surface area contributed by atoms with E-state index < -0.39 is 0 Å². The van der Waals surface area contributed by atoms with Crippen LogP contribution in [0.5, 0.6) is 0 Å². The Labute approximate surface area is 181 Å². The Hall–Kier alpha value is -2.44. The first-order valence-corrected chi connectivity index (χ1v) is 10.5. The van der Waals surface area contributed by atoms with Crippen LogP contribution >= 0.6 is 11.6 Å². The minimum atomic E-state index is -0.284. The van der Waals surface area contributed by atoms with Crippen molar-refractivity contribution in [2.45, 2.75) is 18.9 Å². The molecule has 1 aliphatic rings. The van der Waals surface area contributed by atoms with Crippen LogP contribution in [0, 0.1) is 11.7 Å². The number of likely N-dealkylation sites (tertiary alicyclic amines) is 1. The maximum absolute atomic E-state index is 13.2. The zero-order valence-corrected chi connectivity index (χ0v) is 18.0. The summed E-state index contributed by atoms with van der Waals surface area (Å²) in [4.78, 5) is 29.3. The maximum Gasteiger partial charge on any atom is 0.253 e. The van der Waals surface area contributed by atoms with E-state index in [1.807, 2.05) is 19.0 Å². The third-order valence-electron chi connectivity index (χ3n) is 5.52. The monoisotopic (exact) mass is 431 g/mol. The lowest BCUT2D eigenvalue weighted by Gasteiger charge is -2.33. The number of carbonyl (C=O) groups excluding carboxylic acids is 2. The lowest BCUT2D eigenvalue weighted by molar-refractivity contribution is -0.126. The van der Waals surface area contributed by atoms with E-state index in [4.69, 9.17) is 11.6 Å². The SMILES string of the molecule is CN(C)C(CNC(=O)C1CCCN(C(=O)c2ccc(Cl)cc2)C1)c1ccc(F)cc1. The molecule has 3 rings (SSSR count). The van der Waals surface area contributed by atoms with E-state index in [1.54, 1.807) is 41.3 Å². The summed E-state index contributed by atoms with van der Waals surface area (Å²) in [6, 6.07) is 13.1. The number of nitrogens with zero attached hydrogens (tertiary/aromatic N) is 2. The molecule has 2 aromatic carbocycles. The van der Waals surface area contributed by atoms with E-state index in [9.17, 15) is 14.0 Å². The van der Waals surface area contributed by atoms with Crippen molar-refractivity contribution in [2.24, 2.45) is 5.92 Å². The molecule has 1 heterocycles. The van der Waals surface area contributed by atoms with Gasteiger partial charge >= 0.3 is 0 Å². The normalized spacial score (nSPS) is 17.6. The molecule has 0 saturated carbocycles. The highest BCUT2D eigenvalue weighted by Crippen LogP contribution is 2.21. The first-order chi connectivity index (χ1) is 14.3. The Kier molecular flexibility index (Phi) is 7.45. The molecule has 1 aliphatic heterocycles.